The SMILES string of the molecule is O=C(C1CCC(F)(F)CC1)N1CCC(N2CC(n3cc(-c4ccnc5[nH]ccc45)cn3)C2)CC1. The molecule has 180 valence electrons. The van der Waals surface area contributed by atoms with Gasteiger partial charge in [0.2, 0.25) is 11.8 Å². The van der Waals surface area contributed by atoms with Crippen LogP contribution < -0.4 is 0 Å². The fraction of sp³-hybridized carbons (Fsp3) is 0.560. The van der Waals surface area contributed by atoms with Crippen LogP contribution in [0.25, 0.3) is 22.2 Å². The zero-order valence-corrected chi connectivity index (χ0v) is 19.2. The van der Waals surface area contributed by atoms with E-state index in [0.717, 1.165) is 61.2 Å². The Labute approximate surface area is 197 Å². The third-order valence-corrected chi connectivity index (χ3v) is 8.00. The minimum absolute atomic E-state index is 0.0900. The number of aromatic nitrogens is 4. The van der Waals surface area contributed by atoms with Crippen LogP contribution in [0.15, 0.2) is 36.9 Å². The number of aromatic amines is 1. The highest BCUT2D eigenvalue weighted by Crippen LogP contribution is 2.37. The second kappa shape index (κ2) is 8.45. The Morgan fingerprint density at radius 1 is 1.06 bits per heavy atom. The molecule has 3 aliphatic rings. The van der Waals surface area contributed by atoms with E-state index in [1.54, 1.807) is 0 Å². The molecule has 6 rings (SSSR count). The molecule has 1 N–H and O–H groups in total. The molecule has 1 amide bonds. The maximum Gasteiger partial charge on any atom is 0.248 e. The van der Waals surface area contributed by atoms with Gasteiger partial charge in [0, 0.05) is 80.5 Å². The molecule has 0 aromatic carbocycles. The fourth-order valence-corrected chi connectivity index (χ4v) is 5.84. The third-order valence-electron chi connectivity index (χ3n) is 8.00. The van der Waals surface area contributed by atoms with Gasteiger partial charge in [-0.1, -0.05) is 0 Å². The van der Waals surface area contributed by atoms with Gasteiger partial charge in [-0.05, 0) is 43.4 Å². The number of H-pyrrole nitrogens is 1. The van der Waals surface area contributed by atoms with Crippen LogP contribution in [0.3, 0.4) is 0 Å². The first-order valence-electron chi connectivity index (χ1n) is 12.3. The molecule has 0 bridgehead atoms. The van der Waals surface area contributed by atoms with Crippen molar-refractivity contribution in [2.24, 2.45) is 5.92 Å². The van der Waals surface area contributed by atoms with Crippen LogP contribution in [0.2, 0.25) is 0 Å². The molecule has 34 heavy (non-hydrogen) atoms. The molecule has 3 aromatic rings. The van der Waals surface area contributed by atoms with Crippen molar-refractivity contribution in [3.63, 3.8) is 0 Å². The van der Waals surface area contributed by atoms with Crippen LogP contribution in [-0.4, -0.2) is 73.6 Å². The summed E-state index contributed by atoms with van der Waals surface area (Å²) in [5, 5.41) is 5.73. The summed E-state index contributed by atoms with van der Waals surface area (Å²) in [6, 6.07) is 4.91. The van der Waals surface area contributed by atoms with Crippen LogP contribution >= 0.6 is 0 Å². The van der Waals surface area contributed by atoms with Crippen LogP contribution in [0, 0.1) is 5.92 Å². The molecule has 9 heteroatoms. The molecular weight excluding hydrogens is 438 g/mol. The zero-order chi connectivity index (χ0) is 23.3. The lowest BCUT2D eigenvalue weighted by atomic mass is 9.85. The van der Waals surface area contributed by atoms with E-state index in [0.29, 0.717) is 24.9 Å². The number of rotatable bonds is 4. The largest absolute Gasteiger partial charge is 0.346 e. The number of amides is 1. The Hall–Kier alpha value is -2.81. The topological polar surface area (TPSA) is 70.1 Å². The molecule has 3 aromatic heterocycles. The van der Waals surface area contributed by atoms with E-state index in [-0.39, 0.29) is 24.7 Å². The summed E-state index contributed by atoms with van der Waals surface area (Å²) < 4.78 is 28.9. The van der Waals surface area contributed by atoms with Gasteiger partial charge in [-0.3, -0.25) is 14.4 Å². The molecule has 1 aliphatic carbocycles. The van der Waals surface area contributed by atoms with Crippen molar-refractivity contribution in [2.45, 2.75) is 56.5 Å². The lowest BCUT2D eigenvalue weighted by Crippen LogP contribution is -2.56. The number of piperidine rings is 1. The van der Waals surface area contributed by atoms with E-state index < -0.39 is 5.92 Å². The van der Waals surface area contributed by atoms with Crippen LogP contribution in [0.1, 0.15) is 44.6 Å². The van der Waals surface area contributed by atoms with Crippen molar-refractivity contribution < 1.29 is 13.6 Å². The molecule has 5 heterocycles. The number of hydrogen-bond donors (Lipinski definition) is 1. The van der Waals surface area contributed by atoms with Crippen LogP contribution in [-0.2, 0) is 4.79 Å². The normalized spacial score (nSPS) is 22.8. The van der Waals surface area contributed by atoms with Gasteiger partial charge in [-0.15, -0.1) is 0 Å². The van der Waals surface area contributed by atoms with Crippen molar-refractivity contribution >= 4 is 16.9 Å². The number of alkyl halides is 2. The van der Waals surface area contributed by atoms with Crippen molar-refractivity contribution in [1.82, 2.24) is 29.5 Å². The van der Waals surface area contributed by atoms with Gasteiger partial charge in [-0.25, -0.2) is 13.8 Å². The van der Waals surface area contributed by atoms with Gasteiger partial charge >= 0.3 is 0 Å². The molecule has 0 atom stereocenters. The number of pyridine rings is 1. The first-order chi connectivity index (χ1) is 16.5. The minimum atomic E-state index is -2.58. The molecular formula is C25H30F2N6O. The monoisotopic (exact) mass is 468 g/mol. The van der Waals surface area contributed by atoms with E-state index in [1.165, 1.54) is 0 Å². The van der Waals surface area contributed by atoms with Crippen LogP contribution in [0.5, 0.6) is 0 Å². The molecule has 0 spiro atoms. The second-order valence-corrected chi connectivity index (χ2v) is 10.1. The maximum absolute atomic E-state index is 13.4. The first kappa shape index (κ1) is 21.7. The van der Waals surface area contributed by atoms with E-state index >= 15 is 0 Å². The van der Waals surface area contributed by atoms with E-state index in [4.69, 9.17) is 0 Å². The summed E-state index contributed by atoms with van der Waals surface area (Å²) in [6.45, 7) is 3.40. The number of likely N-dealkylation sites (tertiary alicyclic amines) is 2. The van der Waals surface area contributed by atoms with Gasteiger partial charge in [0.1, 0.15) is 5.65 Å². The average molecular weight is 469 g/mol. The summed E-state index contributed by atoms with van der Waals surface area (Å²) >= 11 is 0. The molecule has 3 fully saturated rings. The Kier molecular flexibility index (Phi) is 5.39. The number of fused-ring (bicyclic) bond motifs is 1. The molecule has 0 unspecified atom stereocenters. The Morgan fingerprint density at radius 2 is 1.82 bits per heavy atom. The number of carbonyl (C=O) groups is 1. The summed E-state index contributed by atoms with van der Waals surface area (Å²) in [7, 11) is 0. The third kappa shape index (κ3) is 4.00. The molecule has 1 saturated carbocycles. The number of hydrogen-bond acceptors (Lipinski definition) is 4. The lowest BCUT2D eigenvalue weighted by molar-refractivity contribution is -0.141. The number of halogens is 2. The highest BCUT2D eigenvalue weighted by Gasteiger charge is 2.40. The minimum Gasteiger partial charge on any atom is -0.346 e. The van der Waals surface area contributed by atoms with Crippen molar-refractivity contribution in [2.75, 3.05) is 26.2 Å². The van der Waals surface area contributed by atoms with Crippen molar-refractivity contribution in [1.29, 1.82) is 0 Å². The number of nitrogens with one attached hydrogen (secondary N) is 1. The average Bonchev–Trinajstić information content (AvgIpc) is 3.48. The van der Waals surface area contributed by atoms with Crippen molar-refractivity contribution in [3.8, 4) is 11.1 Å². The van der Waals surface area contributed by atoms with Gasteiger partial charge < -0.3 is 9.88 Å². The smallest absolute Gasteiger partial charge is 0.248 e. The summed E-state index contributed by atoms with van der Waals surface area (Å²) in [6.07, 6.45) is 10.0. The van der Waals surface area contributed by atoms with Gasteiger partial charge in [0.15, 0.2) is 0 Å². The Balaban J connectivity index is 1.01. The maximum atomic E-state index is 13.4. The Morgan fingerprint density at radius 3 is 2.59 bits per heavy atom. The summed E-state index contributed by atoms with van der Waals surface area (Å²) in [5.74, 6) is -2.71. The van der Waals surface area contributed by atoms with Gasteiger partial charge in [0.05, 0.1) is 12.2 Å². The molecule has 2 aliphatic heterocycles. The summed E-state index contributed by atoms with van der Waals surface area (Å²) in [5.41, 5.74) is 3.11. The first-order valence-corrected chi connectivity index (χ1v) is 12.3. The zero-order valence-electron chi connectivity index (χ0n) is 19.2. The predicted molar refractivity (Wildman–Crippen MR) is 124 cm³/mol. The van der Waals surface area contributed by atoms with E-state index in [2.05, 4.69) is 30.8 Å². The quantitative estimate of drug-likeness (QED) is 0.626. The molecule has 0 radical (unpaired) electrons. The van der Waals surface area contributed by atoms with Gasteiger partial charge in [0.25, 0.3) is 0 Å². The van der Waals surface area contributed by atoms with E-state index in [9.17, 15) is 13.6 Å². The second-order valence-electron chi connectivity index (χ2n) is 10.1. The summed E-state index contributed by atoms with van der Waals surface area (Å²) in [4.78, 5) is 24.7. The van der Waals surface area contributed by atoms with Gasteiger partial charge in [-0.2, -0.15) is 5.10 Å². The molecule has 2 saturated heterocycles. The lowest BCUT2D eigenvalue weighted by Gasteiger charge is -2.47. The number of nitrogens with zero attached hydrogens (tertiary/aromatic N) is 5. The predicted octanol–water partition coefficient (Wildman–Crippen LogP) is 4.10. The fourth-order valence-electron chi connectivity index (χ4n) is 5.84. The number of carbonyl (C=O) groups excluding carboxylic acids is 1. The van der Waals surface area contributed by atoms with E-state index in [1.807, 2.05) is 35.6 Å². The highest BCUT2D eigenvalue weighted by molar-refractivity contribution is 5.92. The highest BCUT2D eigenvalue weighted by atomic mass is 19.3. The van der Waals surface area contributed by atoms with Crippen LogP contribution in [0.4, 0.5) is 8.78 Å². The van der Waals surface area contributed by atoms with Crippen molar-refractivity contribution in [3.05, 3.63) is 36.9 Å². The Bertz CT molecular complexity index is 1170. The molecule has 7 nitrogen and oxygen atoms in total. The standard InChI is InChI=1S/C25H30F2N6O/c26-25(27)7-1-17(2-8-25)24(34)31-11-5-19(6-12-31)32-15-20(16-32)33-14-18(13-30-33)21-3-9-28-23-22(21)4-10-29-23/h3-4,9-10,13-14,17,19-20H,1-2,5-8,11-12,15-16H2,(H,28,29).